The Kier molecular flexibility index (Phi) is 7.48. The van der Waals surface area contributed by atoms with E-state index in [1.807, 2.05) is 0 Å². The maximum atomic E-state index is 12.0. The Morgan fingerprint density at radius 2 is 1.94 bits per heavy atom. The zero-order chi connectivity index (χ0) is 13.4. The molecule has 0 aromatic rings. The summed E-state index contributed by atoms with van der Waals surface area (Å²) in [5, 5.41) is 8.66. The van der Waals surface area contributed by atoms with Gasteiger partial charge in [-0.1, -0.05) is 0 Å². The highest BCUT2D eigenvalue weighted by atomic mass is 35.5. The molecule has 1 aliphatic rings. The number of rotatable bonds is 8. The molecule has 1 rings (SSSR count). The topological polar surface area (TPSA) is 66.8 Å². The van der Waals surface area contributed by atoms with Gasteiger partial charge in [0.05, 0.1) is 25.1 Å². The van der Waals surface area contributed by atoms with Crippen LogP contribution in [0, 0.1) is 0 Å². The molecule has 7 heteroatoms. The van der Waals surface area contributed by atoms with Gasteiger partial charge in [-0.2, -0.15) is 0 Å². The van der Waals surface area contributed by atoms with Crippen molar-refractivity contribution in [2.24, 2.45) is 0 Å². The molecular formula is C11H22ClNO4S. The molecule has 1 N–H and O–H groups in total. The first-order valence-corrected chi connectivity index (χ1v) is 8.51. The van der Waals surface area contributed by atoms with Crippen molar-refractivity contribution >= 4 is 21.6 Å². The highest BCUT2D eigenvalue weighted by molar-refractivity contribution is 7.89. The van der Waals surface area contributed by atoms with Crippen molar-refractivity contribution in [3.63, 3.8) is 0 Å². The molecule has 18 heavy (non-hydrogen) atoms. The number of aliphatic hydroxyl groups excluding tert-OH is 1. The Morgan fingerprint density at radius 1 is 1.28 bits per heavy atom. The second-order valence-electron chi connectivity index (χ2n) is 4.40. The first kappa shape index (κ1) is 16.2. The minimum Gasteiger partial charge on any atom is -0.394 e. The van der Waals surface area contributed by atoms with Crippen molar-refractivity contribution in [1.29, 1.82) is 0 Å². The average Bonchev–Trinajstić information content (AvgIpc) is 2.37. The molecule has 0 spiro atoms. The Morgan fingerprint density at radius 3 is 2.50 bits per heavy atom. The van der Waals surface area contributed by atoms with Gasteiger partial charge in [0, 0.05) is 19.0 Å². The zero-order valence-electron chi connectivity index (χ0n) is 10.6. The number of halogens is 1. The average molecular weight is 300 g/mol. The quantitative estimate of drug-likeness (QED) is 0.532. The SMILES string of the molecule is O=S(=O)(CCCCCl)N1CCC(OCCO)CC1. The molecule has 1 fully saturated rings. The Bertz CT molecular complexity index is 315. The fourth-order valence-electron chi connectivity index (χ4n) is 2.00. The van der Waals surface area contributed by atoms with Crippen molar-refractivity contribution in [2.75, 3.05) is 37.9 Å². The van der Waals surface area contributed by atoms with E-state index in [0.717, 1.165) is 6.42 Å². The van der Waals surface area contributed by atoms with E-state index in [9.17, 15) is 8.42 Å². The fourth-order valence-corrected chi connectivity index (χ4v) is 3.79. The van der Waals surface area contributed by atoms with Crippen LogP contribution < -0.4 is 0 Å². The predicted molar refractivity (Wildman–Crippen MR) is 71.4 cm³/mol. The molecular weight excluding hydrogens is 278 g/mol. The van der Waals surface area contributed by atoms with Crippen LogP contribution in [0.15, 0.2) is 0 Å². The number of unbranched alkanes of at least 4 members (excludes halogenated alkanes) is 1. The van der Waals surface area contributed by atoms with Crippen LogP contribution in [-0.4, -0.2) is 61.9 Å². The van der Waals surface area contributed by atoms with E-state index in [4.69, 9.17) is 21.4 Å². The van der Waals surface area contributed by atoms with Gasteiger partial charge in [-0.05, 0) is 25.7 Å². The second-order valence-corrected chi connectivity index (χ2v) is 6.87. The molecule has 0 radical (unpaired) electrons. The van der Waals surface area contributed by atoms with Crippen molar-refractivity contribution in [3.05, 3.63) is 0 Å². The molecule has 0 unspecified atom stereocenters. The number of piperidine rings is 1. The first-order chi connectivity index (χ1) is 8.60. The van der Waals surface area contributed by atoms with E-state index in [-0.39, 0.29) is 18.5 Å². The highest BCUT2D eigenvalue weighted by Crippen LogP contribution is 2.17. The number of alkyl halides is 1. The smallest absolute Gasteiger partial charge is 0.214 e. The lowest BCUT2D eigenvalue weighted by Crippen LogP contribution is -2.42. The Balaban J connectivity index is 2.32. The largest absolute Gasteiger partial charge is 0.394 e. The predicted octanol–water partition coefficient (Wildman–Crippen LogP) is 0.808. The van der Waals surface area contributed by atoms with Gasteiger partial charge >= 0.3 is 0 Å². The number of aliphatic hydroxyl groups is 1. The molecule has 1 saturated heterocycles. The highest BCUT2D eigenvalue weighted by Gasteiger charge is 2.27. The lowest BCUT2D eigenvalue weighted by Gasteiger charge is -2.31. The molecule has 0 aliphatic carbocycles. The third-order valence-electron chi connectivity index (χ3n) is 3.03. The van der Waals surface area contributed by atoms with E-state index >= 15 is 0 Å². The van der Waals surface area contributed by atoms with Gasteiger partial charge in [-0.25, -0.2) is 12.7 Å². The molecule has 0 bridgehead atoms. The van der Waals surface area contributed by atoms with Gasteiger partial charge in [0.25, 0.3) is 0 Å². The van der Waals surface area contributed by atoms with Crippen LogP contribution in [0.5, 0.6) is 0 Å². The Labute approximate surface area is 114 Å². The fraction of sp³-hybridized carbons (Fsp3) is 1.00. The van der Waals surface area contributed by atoms with Crippen molar-refractivity contribution in [2.45, 2.75) is 31.8 Å². The normalized spacial score (nSPS) is 19.2. The summed E-state index contributed by atoms with van der Waals surface area (Å²) < 4.78 is 30.9. The molecule has 1 heterocycles. The molecule has 0 atom stereocenters. The lowest BCUT2D eigenvalue weighted by atomic mass is 10.1. The number of nitrogens with zero attached hydrogens (tertiary/aromatic N) is 1. The summed E-state index contributed by atoms with van der Waals surface area (Å²) in [5.41, 5.74) is 0. The lowest BCUT2D eigenvalue weighted by molar-refractivity contribution is 0.00319. The van der Waals surface area contributed by atoms with E-state index in [2.05, 4.69) is 0 Å². The molecule has 0 saturated carbocycles. The number of hydrogen-bond donors (Lipinski definition) is 1. The van der Waals surface area contributed by atoms with Crippen molar-refractivity contribution in [3.8, 4) is 0 Å². The molecule has 0 aromatic carbocycles. The maximum Gasteiger partial charge on any atom is 0.214 e. The van der Waals surface area contributed by atoms with Gasteiger partial charge in [-0.15, -0.1) is 11.6 Å². The van der Waals surface area contributed by atoms with E-state index in [1.54, 1.807) is 4.31 Å². The number of sulfonamides is 1. The second kappa shape index (κ2) is 8.32. The summed E-state index contributed by atoms with van der Waals surface area (Å²) in [6.07, 6.45) is 2.83. The summed E-state index contributed by atoms with van der Waals surface area (Å²) in [4.78, 5) is 0. The van der Waals surface area contributed by atoms with Gasteiger partial charge in [0.2, 0.25) is 10.0 Å². The minimum atomic E-state index is -3.13. The van der Waals surface area contributed by atoms with Gasteiger partial charge in [0.1, 0.15) is 0 Å². The van der Waals surface area contributed by atoms with Crippen LogP contribution in [0.1, 0.15) is 25.7 Å². The summed E-state index contributed by atoms with van der Waals surface area (Å²) in [6, 6.07) is 0. The number of ether oxygens (including phenoxy) is 1. The molecule has 0 amide bonds. The van der Waals surface area contributed by atoms with Crippen LogP contribution in [0.3, 0.4) is 0 Å². The first-order valence-electron chi connectivity index (χ1n) is 6.36. The zero-order valence-corrected chi connectivity index (χ0v) is 12.1. The van der Waals surface area contributed by atoms with E-state index < -0.39 is 10.0 Å². The van der Waals surface area contributed by atoms with Crippen LogP contribution in [0.4, 0.5) is 0 Å². The summed E-state index contributed by atoms with van der Waals surface area (Å²) >= 11 is 5.54. The summed E-state index contributed by atoms with van der Waals surface area (Å²) in [6.45, 7) is 1.36. The summed E-state index contributed by atoms with van der Waals surface area (Å²) in [7, 11) is -3.13. The summed E-state index contributed by atoms with van der Waals surface area (Å²) in [5.74, 6) is 0.689. The minimum absolute atomic E-state index is 0.0109. The van der Waals surface area contributed by atoms with Gasteiger partial charge < -0.3 is 9.84 Å². The van der Waals surface area contributed by atoms with Gasteiger partial charge in [-0.3, -0.25) is 0 Å². The van der Waals surface area contributed by atoms with Gasteiger partial charge in [0.15, 0.2) is 0 Å². The Hall–Kier alpha value is 0.120. The standard InChI is InChI=1S/C11H22ClNO4S/c12-5-1-2-10-18(15,16)13-6-3-11(4-7-13)17-9-8-14/h11,14H,1-10H2. The molecule has 0 aromatic heterocycles. The molecule has 1 aliphatic heterocycles. The van der Waals surface area contributed by atoms with Crippen LogP contribution >= 0.6 is 11.6 Å². The monoisotopic (exact) mass is 299 g/mol. The van der Waals surface area contributed by atoms with Crippen molar-refractivity contribution in [1.82, 2.24) is 4.31 Å². The van der Waals surface area contributed by atoms with Crippen molar-refractivity contribution < 1.29 is 18.3 Å². The van der Waals surface area contributed by atoms with Crippen LogP contribution in [0.2, 0.25) is 0 Å². The van der Waals surface area contributed by atoms with Crippen LogP contribution in [-0.2, 0) is 14.8 Å². The third-order valence-corrected chi connectivity index (χ3v) is 5.25. The van der Waals surface area contributed by atoms with Crippen LogP contribution in [0.25, 0.3) is 0 Å². The van der Waals surface area contributed by atoms with E-state index in [0.29, 0.717) is 44.8 Å². The molecule has 5 nitrogen and oxygen atoms in total. The third kappa shape index (κ3) is 5.40. The molecule has 108 valence electrons. The maximum absolute atomic E-state index is 12.0. The number of hydrogen-bond acceptors (Lipinski definition) is 4. The van der Waals surface area contributed by atoms with E-state index in [1.165, 1.54) is 0 Å².